The summed E-state index contributed by atoms with van der Waals surface area (Å²) in [6, 6.07) is 10.2. The summed E-state index contributed by atoms with van der Waals surface area (Å²) in [5.41, 5.74) is 3.68. The zero-order chi connectivity index (χ0) is 14.7. The van der Waals surface area contributed by atoms with Gasteiger partial charge in [-0.15, -0.1) is 0 Å². The number of carbonyl (C=O) groups excluding carboxylic acids is 1. The molecule has 0 aliphatic carbocycles. The van der Waals surface area contributed by atoms with Gasteiger partial charge in [0.15, 0.2) is 0 Å². The minimum absolute atomic E-state index is 0.0740. The first-order chi connectivity index (χ1) is 10.2. The molecule has 1 aromatic carbocycles. The van der Waals surface area contributed by atoms with Crippen LogP contribution in [-0.2, 0) is 17.6 Å². The highest BCUT2D eigenvalue weighted by atomic mass is 32.1. The Morgan fingerprint density at radius 2 is 2.29 bits per heavy atom. The smallest absolute Gasteiger partial charge is 0.241 e. The van der Waals surface area contributed by atoms with E-state index in [9.17, 15) is 4.79 Å². The SMILES string of the molecule is CC(Cc1ccsc1)NC(=O)C1NCCc2ccccc21. The Bertz CT molecular complexity index is 609. The average molecular weight is 300 g/mol. The van der Waals surface area contributed by atoms with E-state index in [2.05, 4.69) is 46.5 Å². The number of benzene rings is 1. The number of hydrogen-bond acceptors (Lipinski definition) is 3. The maximum Gasteiger partial charge on any atom is 0.241 e. The number of rotatable bonds is 4. The van der Waals surface area contributed by atoms with Crippen molar-refractivity contribution in [3.05, 3.63) is 57.8 Å². The first-order valence-corrected chi connectivity index (χ1v) is 8.31. The van der Waals surface area contributed by atoms with E-state index in [-0.39, 0.29) is 18.0 Å². The van der Waals surface area contributed by atoms with Crippen molar-refractivity contribution in [3.63, 3.8) is 0 Å². The van der Waals surface area contributed by atoms with Crippen molar-refractivity contribution < 1.29 is 4.79 Å². The third kappa shape index (κ3) is 3.34. The molecule has 0 spiro atoms. The van der Waals surface area contributed by atoms with Gasteiger partial charge in [0.05, 0.1) is 0 Å². The zero-order valence-electron chi connectivity index (χ0n) is 12.1. The molecule has 1 aliphatic heterocycles. The second kappa shape index (κ2) is 6.41. The minimum Gasteiger partial charge on any atom is -0.352 e. The molecule has 3 rings (SSSR count). The normalized spacial score (nSPS) is 18.8. The summed E-state index contributed by atoms with van der Waals surface area (Å²) in [5.74, 6) is 0.0740. The highest BCUT2D eigenvalue weighted by Crippen LogP contribution is 2.22. The highest BCUT2D eigenvalue weighted by Gasteiger charge is 2.26. The second-order valence-electron chi connectivity index (χ2n) is 5.58. The van der Waals surface area contributed by atoms with E-state index in [0.717, 1.165) is 24.9 Å². The summed E-state index contributed by atoms with van der Waals surface area (Å²) in [6.07, 6.45) is 1.87. The lowest BCUT2D eigenvalue weighted by atomic mass is 9.93. The molecule has 110 valence electrons. The Morgan fingerprint density at radius 3 is 3.10 bits per heavy atom. The van der Waals surface area contributed by atoms with Crippen LogP contribution in [0.4, 0.5) is 0 Å². The monoisotopic (exact) mass is 300 g/mol. The molecule has 0 bridgehead atoms. The summed E-state index contributed by atoms with van der Waals surface area (Å²) in [5, 5.41) is 10.7. The van der Waals surface area contributed by atoms with Gasteiger partial charge in [-0.05, 0) is 53.3 Å². The molecular weight excluding hydrogens is 280 g/mol. The molecular formula is C17H20N2OS. The van der Waals surface area contributed by atoms with E-state index in [0.29, 0.717) is 0 Å². The Labute approximate surface area is 129 Å². The lowest BCUT2D eigenvalue weighted by Crippen LogP contribution is -2.44. The van der Waals surface area contributed by atoms with Gasteiger partial charge < -0.3 is 10.6 Å². The lowest BCUT2D eigenvalue weighted by Gasteiger charge is -2.27. The van der Waals surface area contributed by atoms with Crippen molar-refractivity contribution in [1.29, 1.82) is 0 Å². The number of carbonyl (C=O) groups is 1. The number of fused-ring (bicyclic) bond motifs is 1. The average Bonchev–Trinajstić information content (AvgIpc) is 2.99. The Balaban J connectivity index is 1.66. The highest BCUT2D eigenvalue weighted by molar-refractivity contribution is 7.07. The number of hydrogen-bond donors (Lipinski definition) is 2. The van der Waals surface area contributed by atoms with Crippen LogP contribution in [0.5, 0.6) is 0 Å². The fourth-order valence-corrected chi connectivity index (χ4v) is 3.56. The van der Waals surface area contributed by atoms with Crippen LogP contribution in [0.1, 0.15) is 29.7 Å². The molecule has 3 nitrogen and oxygen atoms in total. The zero-order valence-corrected chi connectivity index (χ0v) is 13.0. The van der Waals surface area contributed by atoms with Gasteiger partial charge in [0.25, 0.3) is 0 Å². The van der Waals surface area contributed by atoms with Gasteiger partial charge in [0.1, 0.15) is 6.04 Å². The molecule has 0 fully saturated rings. The summed E-state index contributed by atoms with van der Waals surface area (Å²) in [7, 11) is 0. The van der Waals surface area contributed by atoms with Gasteiger partial charge in [-0.2, -0.15) is 11.3 Å². The van der Waals surface area contributed by atoms with Crippen LogP contribution in [0.15, 0.2) is 41.1 Å². The Kier molecular flexibility index (Phi) is 4.36. The summed E-state index contributed by atoms with van der Waals surface area (Å²) in [4.78, 5) is 12.5. The van der Waals surface area contributed by atoms with Crippen molar-refractivity contribution in [2.24, 2.45) is 0 Å². The van der Waals surface area contributed by atoms with Crippen molar-refractivity contribution in [1.82, 2.24) is 10.6 Å². The molecule has 2 atom stereocenters. The third-order valence-electron chi connectivity index (χ3n) is 3.88. The molecule has 0 saturated carbocycles. The molecule has 1 aromatic heterocycles. The van der Waals surface area contributed by atoms with Crippen LogP contribution >= 0.6 is 11.3 Å². The van der Waals surface area contributed by atoms with E-state index in [4.69, 9.17) is 0 Å². The van der Waals surface area contributed by atoms with E-state index in [1.807, 2.05) is 12.1 Å². The van der Waals surface area contributed by atoms with Crippen LogP contribution in [0.3, 0.4) is 0 Å². The van der Waals surface area contributed by atoms with Crippen LogP contribution < -0.4 is 10.6 Å². The Hall–Kier alpha value is -1.65. The minimum atomic E-state index is -0.222. The molecule has 2 N–H and O–H groups in total. The molecule has 1 amide bonds. The van der Waals surface area contributed by atoms with Crippen LogP contribution in [-0.4, -0.2) is 18.5 Å². The first-order valence-electron chi connectivity index (χ1n) is 7.36. The van der Waals surface area contributed by atoms with Gasteiger partial charge in [0, 0.05) is 12.6 Å². The maximum atomic E-state index is 12.5. The van der Waals surface area contributed by atoms with Crippen LogP contribution in [0.2, 0.25) is 0 Å². The molecule has 0 radical (unpaired) electrons. The van der Waals surface area contributed by atoms with Gasteiger partial charge in [-0.1, -0.05) is 24.3 Å². The molecule has 0 saturated heterocycles. The number of thiophene rings is 1. The van der Waals surface area contributed by atoms with Crippen LogP contribution in [0, 0.1) is 0 Å². The van der Waals surface area contributed by atoms with E-state index >= 15 is 0 Å². The quantitative estimate of drug-likeness (QED) is 0.911. The van der Waals surface area contributed by atoms with Gasteiger partial charge in [-0.3, -0.25) is 4.79 Å². The van der Waals surface area contributed by atoms with Crippen molar-refractivity contribution >= 4 is 17.2 Å². The first kappa shape index (κ1) is 14.3. The molecule has 2 unspecified atom stereocenters. The predicted molar refractivity (Wildman–Crippen MR) is 86.5 cm³/mol. The number of nitrogens with one attached hydrogen (secondary N) is 2. The molecule has 21 heavy (non-hydrogen) atoms. The molecule has 2 aromatic rings. The third-order valence-corrected chi connectivity index (χ3v) is 4.61. The Morgan fingerprint density at radius 1 is 1.43 bits per heavy atom. The van der Waals surface area contributed by atoms with Gasteiger partial charge in [-0.25, -0.2) is 0 Å². The fraction of sp³-hybridized carbons (Fsp3) is 0.353. The van der Waals surface area contributed by atoms with E-state index in [1.54, 1.807) is 11.3 Å². The van der Waals surface area contributed by atoms with Gasteiger partial charge >= 0.3 is 0 Å². The molecule has 2 heterocycles. The van der Waals surface area contributed by atoms with E-state index in [1.165, 1.54) is 11.1 Å². The summed E-state index contributed by atoms with van der Waals surface area (Å²) >= 11 is 1.69. The maximum absolute atomic E-state index is 12.5. The van der Waals surface area contributed by atoms with Crippen molar-refractivity contribution in [2.45, 2.75) is 31.8 Å². The van der Waals surface area contributed by atoms with Crippen molar-refractivity contribution in [2.75, 3.05) is 6.54 Å². The summed E-state index contributed by atoms with van der Waals surface area (Å²) in [6.45, 7) is 2.91. The standard InChI is InChI=1S/C17H20N2OS/c1-12(10-13-7-9-21-11-13)19-17(20)16-15-5-3-2-4-14(15)6-8-18-16/h2-5,7,9,11-12,16,18H,6,8,10H2,1H3,(H,19,20). The predicted octanol–water partition coefficient (Wildman–Crippen LogP) is 2.68. The fourth-order valence-electron chi connectivity index (χ4n) is 2.88. The summed E-state index contributed by atoms with van der Waals surface area (Å²) < 4.78 is 0. The van der Waals surface area contributed by atoms with E-state index < -0.39 is 0 Å². The van der Waals surface area contributed by atoms with Crippen LogP contribution in [0.25, 0.3) is 0 Å². The van der Waals surface area contributed by atoms with Crippen molar-refractivity contribution in [3.8, 4) is 0 Å². The van der Waals surface area contributed by atoms with Gasteiger partial charge in [0.2, 0.25) is 5.91 Å². The lowest BCUT2D eigenvalue weighted by molar-refractivity contribution is -0.124. The topological polar surface area (TPSA) is 41.1 Å². The second-order valence-corrected chi connectivity index (χ2v) is 6.36. The molecule has 4 heteroatoms. The number of amides is 1. The largest absolute Gasteiger partial charge is 0.352 e. The molecule has 1 aliphatic rings.